The van der Waals surface area contributed by atoms with E-state index < -0.39 is 10.0 Å². The number of benzene rings is 1. The lowest BCUT2D eigenvalue weighted by molar-refractivity contribution is 0.0322. The van der Waals surface area contributed by atoms with Crippen LogP contribution in [0.5, 0.6) is 5.75 Å². The Morgan fingerprint density at radius 2 is 1.93 bits per heavy atom. The average molecular weight is 628 g/mol. The molecule has 0 spiro atoms. The Labute approximate surface area is 257 Å². The summed E-state index contributed by atoms with van der Waals surface area (Å²) in [7, 11) is -3.24. The van der Waals surface area contributed by atoms with E-state index in [0.29, 0.717) is 53.8 Å². The van der Waals surface area contributed by atoms with Gasteiger partial charge in [0, 0.05) is 61.4 Å². The van der Waals surface area contributed by atoms with Gasteiger partial charge in [-0.1, -0.05) is 11.6 Å². The Bertz CT molecular complexity index is 1700. The SMILES string of the molecule is CCS(=O)(=O)N1CCC(Nc2c(Cl)cnc3nc(-c4cc(C)n(-c5ccc(OCCN6CCOCC6)cc5)c4C)[nH]c23)C1. The summed E-state index contributed by atoms with van der Waals surface area (Å²) in [5.41, 5.74) is 6.03. The summed E-state index contributed by atoms with van der Waals surface area (Å²) in [6, 6.07) is 10.2. The number of aromatic amines is 1. The topological polar surface area (TPSA) is 118 Å². The van der Waals surface area contributed by atoms with Crippen molar-refractivity contribution in [3.05, 3.63) is 52.9 Å². The van der Waals surface area contributed by atoms with Crippen LogP contribution in [-0.2, 0) is 14.8 Å². The molecule has 43 heavy (non-hydrogen) atoms. The monoisotopic (exact) mass is 627 g/mol. The minimum atomic E-state index is -3.24. The molecule has 0 saturated carbocycles. The van der Waals surface area contributed by atoms with Crippen molar-refractivity contribution in [3.63, 3.8) is 0 Å². The minimum absolute atomic E-state index is 0.0624. The number of pyridine rings is 1. The Morgan fingerprint density at radius 3 is 2.67 bits per heavy atom. The van der Waals surface area contributed by atoms with Crippen molar-refractivity contribution < 1.29 is 17.9 Å². The van der Waals surface area contributed by atoms with Crippen LogP contribution >= 0.6 is 11.6 Å². The average Bonchev–Trinajstić information content (AvgIpc) is 3.73. The lowest BCUT2D eigenvalue weighted by Gasteiger charge is -2.26. The second kappa shape index (κ2) is 12.4. The summed E-state index contributed by atoms with van der Waals surface area (Å²) in [5, 5.41) is 3.92. The van der Waals surface area contributed by atoms with Gasteiger partial charge in [-0.2, -0.15) is 4.31 Å². The molecule has 0 bridgehead atoms. The molecule has 2 fully saturated rings. The van der Waals surface area contributed by atoms with Crippen LogP contribution in [0.1, 0.15) is 24.7 Å². The van der Waals surface area contributed by atoms with E-state index in [4.69, 9.17) is 26.1 Å². The molecule has 6 rings (SSSR count). The number of aryl methyl sites for hydroxylation is 1. The van der Waals surface area contributed by atoms with Crippen molar-refractivity contribution in [1.82, 2.24) is 28.7 Å². The minimum Gasteiger partial charge on any atom is -0.492 e. The summed E-state index contributed by atoms with van der Waals surface area (Å²) in [5.74, 6) is 1.63. The first-order chi connectivity index (χ1) is 20.7. The third kappa shape index (κ3) is 6.25. The number of hydrogen-bond donors (Lipinski definition) is 2. The van der Waals surface area contributed by atoms with Crippen LogP contribution in [0.2, 0.25) is 5.02 Å². The molecule has 2 saturated heterocycles. The lowest BCUT2D eigenvalue weighted by Crippen LogP contribution is -2.38. The molecule has 0 aliphatic carbocycles. The molecule has 2 aliphatic heterocycles. The van der Waals surface area contributed by atoms with Gasteiger partial charge in [0.25, 0.3) is 0 Å². The zero-order valence-corrected chi connectivity index (χ0v) is 26.3. The molecule has 1 atom stereocenters. The number of morpholine rings is 1. The maximum atomic E-state index is 12.3. The highest BCUT2D eigenvalue weighted by Crippen LogP contribution is 2.34. The molecule has 3 aromatic heterocycles. The standard InChI is InChI=1S/C30H38ClN7O4S/c1-4-43(39,40)37-10-9-22(19-37)33-27-26(31)18-32-30-28(27)34-29(35-30)25-17-20(2)38(21(25)3)23-5-7-24(8-6-23)42-16-13-36-11-14-41-15-12-36/h5-8,17-18,22H,4,9-16,19H2,1-3H3,(H2,32,33,34,35). The number of anilines is 1. The van der Waals surface area contributed by atoms with E-state index in [0.717, 1.165) is 61.2 Å². The van der Waals surface area contributed by atoms with E-state index >= 15 is 0 Å². The fraction of sp³-hybridized carbons (Fsp3) is 0.467. The number of sulfonamides is 1. The number of nitrogens with one attached hydrogen (secondary N) is 2. The Kier molecular flexibility index (Phi) is 8.65. The van der Waals surface area contributed by atoms with Crippen LogP contribution in [0.25, 0.3) is 28.2 Å². The van der Waals surface area contributed by atoms with E-state index in [9.17, 15) is 8.42 Å². The number of halogens is 1. The van der Waals surface area contributed by atoms with Crippen LogP contribution in [0.4, 0.5) is 5.69 Å². The first-order valence-electron chi connectivity index (χ1n) is 14.7. The normalized spacial score (nSPS) is 18.5. The maximum absolute atomic E-state index is 12.3. The van der Waals surface area contributed by atoms with Crippen LogP contribution in [-0.4, -0.2) is 101 Å². The van der Waals surface area contributed by atoms with Gasteiger partial charge in [-0.05, 0) is 57.5 Å². The van der Waals surface area contributed by atoms with Gasteiger partial charge < -0.3 is 24.3 Å². The Hall–Kier alpha value is -3.16. The molecule has 5 heterocycles. The molecule has 2 N–H and O–H groups in total. The second-order valence-electron chi connectivity index (χ2n) is 11.1. The van der Waals surface area contributed by atoms with E-state index in [2.05, 4.69) is 56.8 Å². The van der Waals surface area contributed by atoms with Gasteiger partial charge in [-0.15, -0.1) is 0 Å². The third-order valence-electron chi connectivity index (χ3n) is 8.29. The Balaban J connectivity index is 1.19. The van der Waals surface area contributed by atoms with Crippen molar-refractivity contribution in [2.75, 3.05) is 63.6 Å². The number of nitrogens with zero attached hydrogens (tertiary/aromatic N) is 5. The molecule has 0 radical (unpaired) electrons. The van der Waals surface area contributed by atoms with Crippen molar-refractivity contribution in [2.24, 2.45) is 0 Å². The smallest absolute Gasteiger partial charge is 0.213 e. The zero-order valence-electron chi connectivity index (χ0n) is 24.8. The van der Waals surface area contributed by atoms with E-state index in [-0.39, 0.29) is 11.8 Å². The number of imidazole rings is 1. The van der Waals surface area contributed by atoms with Crippen molar-refractivity contribution in [3.8, 4) is 22.8 Å². The molecule has 13 heteroatoms. The van der Waals surface area contributed by atoms with Gasteiger partial charge in [-0.3, -0.25) is 4.90 Å². The molecule has 0 amide bonds. The quantitative estimate of drug-likeness (QED) is 0.268. The van der Waals surface area contributed by atoms with Gasteiger partial charge in [0.15, 0.2) is 5.65 Å². The fourth-order valence-corrected chi connectivity index (χ4v) is 7.25. The Morgan fingerprint density at radius 1 is 1.16 bits per heavy atom. The molecule has 11 nitrogen and oxygen atoms in total. The zero-order chi connectivity index (χ0) is 30.1. The number of rotatable bonds is 10. The number of aromatic nitrogens is 4. The van der Waals surface area contributed by atoms with Crippen LogP contribution in [0, 0.1) is 13.8 Å². The summed E-state index contributed by atoms with van der Waals surface area (Å²) in [4.78, 5) is 15.1. The fourth-order valence-electron chi connectivity index (χ4n) is 5.90. The van der Waals surface area contributed by atoms with Crippen molar-refractivity contribution >= 4 is 38.5 Å². The largest absolute Gasteiger partial charge is 0.492 e. The molecule has 4 aromatic rings. The van der Waals surface area contributed by atoms with Crippen molar-refractivity contribution in [1.29, 1.82) is 0 Å². The maximum Gasteiger partial charge on any atom is 0.213 e. The highest BCUT2D eigenvalue weighted by atomic mass is 35.5. The molecule has 230 valence electrons. The summed E-state index contributed by atoms with van der Waals surface area (Å²) in [6.07, 6.45) is 2.28. The lowest BCUT2D eigenvalue weighted by atomic mass is 10.2. The molecular weight excluding hydrogens is 590 g/mol. The predicted molar refractivity (Wildman–Crippen MR) is 169 cm³/mol. The summed E-state index contributed by atoms with van der Waals surface area (Å²) in [6.45, 7) is 11.7. The van der Waals surface area contributed by atoms with Crippen LogP contribution < -0.4 is 10.1 Å². The number of fused-ring (bicyclic) bond motifs is 1. The summed E-state index contributed by atoms with van der Waals surface area (Å²) >= 11 is 6.59. The second-order valence-corrected chi connectivity index (χ2v) is 13.7. The van der Waals surface area contributed by atoms with Crippen LogP contribution in [0.3, 0.4) is 0 Å². The molecule has 2 aliphatic rings. The van der Waals surface area contributed by atoms with Crippen LogP contribution in [0.15, 0.2) is 36.5 Å². The number of ether oxygens (including phenoxy) is 2. The highest BCUT2D eigenvalue weighted by molar-refractivity contribution is 7.89. The van der Waals surface area contributed by atoms with Gasteiger partial charge in [-0.25, -0.2) is 18.4 Å². The molecular formula is C30H38ClN7O4S. The molecule has 1 aromatic carbocycles. The first kappa shape index (κ1) is 29.9. The van der Waals surface area contributed by atoms with E-state index in [1.54, 1.807) is 13.1 Å². The van der Waals surface area contributed by atoms with Gasteiger partial charge >= 0.3 is 0 Å². The molecule has 1 unspecified atom stereocenters. The number of H-pyrrole nitrogens is 1. The highest BCUT2D eigenvalue weighted by Gasteiger charge is 2.31. The van der Waals surface area contributed by atoms with E-state index in [1.807, 2.05) is 12.1 Å². The summed E-state index contributed by atoms with van der Waals surface area (Å²) < 4.78 is 39.8. The first-order valence-corrected chi connectivity index (χ1v) is 16.7. The van der Waals surface area contributed by atoms with Gasteiger partial charge in [0.2, 0.25) is 10.0 Å². The predicted octanol–water partition coefficient (Wildman–Crippen LogP) is 4.23. The number of hydrogen-bond acceptors (Lipinski definition) is 8. The van der Waals surface area contributed by atoms with Crippen molar-refractivity contribution in [2.45, 2.75) is 33.2 Å². The van der Waals surface area contributed by atoms with E-state index in [1.165, 1.54) is 4.31 Å². The van der Waals surface area contributed by atoms with Gasteiger partial charge in [0.1, 0.15) is 23.7 Å². The van der Waals surface area contributed by atoms with Gasteiger partial charge in [0.05, 0.1) is 35.9 Å². The third-order valence-corrected chi connectivity index (χ3v) is 10.4.